The molecule has 0 radical (unpaired) electrons. The summed E-state index contributed by atoms with van der Waals surface area (Å²) in [6, 6.07) is -1.10. The summed E-state index contributed by atoms with van der Waals surface area (Å²) in [5.41, 5.74) is -0.288. The highest BCUT2D eigenvalue weighted by Gasteiger charge is 2.60. The van der Waals surface area contributed by atoms with Crippen molar-refractivity contribution in [3.8, 4) is 5.88 Å². The zero-order valence-electron chi connectivity index (χ0n) is 25.0. The average molecular weight is 616 g/mol. The van der Waals surface area contributed by atoms with Crippen LogP contribution in [0, 0.1) is 5.92 Å². The van der Waals surface area contributed by atoms with Gasteiger partial charge in [0.05, 0.1) is 48.0 Å². The van der Waals surface area contributed by atoms with E-state index in [1.165, 1.54) is 0 Å². The molecule has 0 aromatic carbocycles. The first-order chi connectivity index (χ1) is 21.2. The first-order valence-electron chi connectivity index (χ1n) is 16.0. The van der Waals surface area contributed by atoms with Crippen LogP contribution in [0.25, 0.3) is 0 Å². The number of aromatic hydroxyl groups is 1. The Morgan fingerprint density at radius 3 is 2.59 bits per heavy atom. The lowest BCUT2D eigenvalue weighted by Gasteiger charge is -2.60. The number of alkyl halides is 1. The van der Waals surface area contributed by atoms with E-state index in [4.69, 9.17) is 4.74 Å². The number of Topliss-reactive ketones (excluding diaryl/α,β-unsaturated/α-hetero) is 1. The van der Waals surface area contributed by atoms with Gasteiger partial charge in [-0.15, -0.1) is 0 Å². The van der Waals surface area contributed by atoms with Crippen LogP contribution in [-0.4, -0.2) is 141 Å². The van der Waals surface area contributed by atoms with Crippen molar-refractivity contribution in [2.24, 2.45) is 5.92 Å². The predicted molar refractivity (Wildman–Crippen MR) is 155 cm³/mol. The normalized spacial score (nSPS) is 36.0. The van der Waals surface area contributed by atoms with Gasteiger partial charge in [-0.2, -0.15) is 0 Å². The Morgan fingerprint density at radius 2 is 1.84 bits per heavy atom. The molecule has 5 fully saturated rings. The lowest BCUT2D eigenvalue weighted by Crippen LogP contribution is -2.73. The molecular formula is C30H42FN7O6. The Hall–Kier alpha value is -3.23. The summed E-state index contributed by atoms with van der Waals surface area (Å²) >= 11 is 0. The number of hydrogen-bond donors (Lipinski definition) is 4. The van der Waals surface area contributed by atoms with Gasteiger partial charge in [-0.3, -0.25) is 24.3 Å². The van der Waals surface area contributed by atoms with Crippen LogP contribution < -0.4 is 11.0 Å². The second-order valence-corrected chi connectivity index (χ2v) is 13.4. The van der Waals surface area contributed by atoms with Gasteiger partial charge in [-0.05, 0) is 32.7 Å². The molecule has 44 heavy (non-hydrogen) atoms. The zero-order chi connectivity index (χ0) is 30.7. The van der Waals surface area contributed by atoms with Crippen LogP contribution >= 0.6 is 0 Å². The lowest BCUT2D eigenvalue weighted by atomic mass is 9.69. The van der Waals surface area contributed by atoms with Gasteiger partial charge in [0, 0.05) is 57.4 Å². The van der Waals surface area contributed by atoms with Crippen molar-refractivity contribution < 1.29 is 28.6 Å². The Kier molecular flexibility index (Phi) is 7.78. The van der Waals surface area contributed by atoms with E-state index in [9.17, 15) is 24.3 Å². The number of hydrogen-bond acceptors (Lipinski definition) is 9. The van der Waals surface area contributed by atoms with Gasteiger partial charge in [0.25, 0.3) is 5.91 Å². The quantitative estimate of drug-likeness (QED) is 0.321. The van der Waals surface area contributed by atoms with Gasteiger partial charge < -0.3 is 34.8 Å². The van der Waals surface area contributed by atoms with Gasteiger partial charge in [-0.1, -0.05) is 12.8 Å². The molecule has 14 heteroatoms. The summed E-state index contributed by atoms with van der Waals surface area (Å²) < 4.78 is 23.1. The molecule has 0 bridgehead atoms. The number of morpholine rings is 1. The highest BCUT2D eigenvalue weighted by Crippen LogP contribution is 2.47. The Morgan fingerprint density at radius 1 is 1.07 bits per heavy atom. The lowest BCUT2D eigenvalue weighted by molar-refractivity contribution is -0.210. The highest BCUT2D eigenvalue weighted by molar-refractivity contribution is 6.20. The topological polar surface area (TPSA) is 154 Å². The molecule has 3 saturated heterocycles. The number of H-pyrrole nitrogens is 2. The molecule has 4 aliphatic heterocycles. The summed E-state index contributed by atoms with van der Waals surface area (Å²) in [5.74, 6) is -1.88. The number of fused-ring (bicyclic) bond motifs is 2. The molecule has 2 aliphatic carbocycles. The van der Waals surface area contributed by atoms with Gasteiger partial charge in [0.1, 0.15) is 6.17 Å². The molecule has 6 aliphatic rings. The number of ether oxygens (including phenoxy) is 1. The number of carbonyl (C=O) groups is 3. The number of nitrogens with zero attached hydrogens (tertiary/aromatic N) is 4. The van der Waals surface area contributed by atoms with Gasteiger partial charge in [0.2, 0.25) is 11.8 Å². The number of carbonyl (C=O) groups excluding carboxylic acids is 3. The molecule has 7 rings (SSSR count). The third kappa shape index (κ3) is 5.24. The maximum absolute atomic E-state index is 16.3. The van der Waals surface area contributed by atoms with Crippen molar-refractivity contribution in [3.63, 3.8) is 0 Å². The van der Waals surface area contributed by atoms with E-state index in [1.807, 2.05) is 11.9 Å². The van der Waals surface area contributed by atoms with Crippen molar-refractivity contribution in [3.05, 3.63) is 28.0 Å². The summed E-state index contributed by atoms with van der Waals surface area (Å²) in [7, 11) is 2.02. The minimum absolute atomic E-state index is 0.0307. The minimum Gasteiger partial charge on any atom is -0.493 e. The third-order valence-electron chi connectivity index (χ3n) is 10.7. The van der Waals surface area contributed by atoms with E-state index in [0.717, 1.165) is 38.8 Å². The Labute approximate surface area is 254 Å². The number of rotatable bonds is 5. The fourth-order valence-electron chi connectivity index (χ4n) is 8.48. The molecule has 0 spiro atoms. The number of ketones is 1. The second-order valence-electron chi connectivity index (χ2n) is 13.4. The van der Waals surface area contributed by atoms with E-state index in [-0.39, 0.29) is 71.8 Å². The van der Waals surface area contributed by atoms with E-state index >= 15 is 4.39 Å². The molecule has 4 N–H and O–H groups in total. The van der Waals surface area contributed by atoms with Crippen molar-refractivity contribution in [1.82, 2.24) is 34.9 Å². The van der Waals surface area contributed by atoms with Crippen molar-refractivity contribution in [2.45, 2.75) is 87.5 Å². The van der Waals surface area contributed by atoms with Crippen LogP contribution in [0.2, 0.25) is 0 Å². The number of nitrogens with one attached hydrogen (secondary N) is 3. The van der Waals surface area contributed by atoms with Crippen molar-refractivity contribution >= 4 is 17.6 Å². The largest absolute Gasteiger partial charge is 0.493 e. The van der Waals surface area contributed by atoms with E-state index in [1.54, 1.807) is 11.1 Å². The van der Waals surface area contributed by atoms with Crippen molar-refractivity contribution in [1.29, 1.82) is 0 Å². The SMILES string of the molecule is CN1CCN(C(=O)C2=CN3C4CCCCC4OC4C(N5CCC(NC(=O)Cc6[nH]c(=O)[nH]c6O)C5)C(F)CC(C2=O)C43)CC1. The van der Waals surface area contributed by atoms with Crippen LogP contribution in [0.4, 0.5) is 4.39 Å². The van der Waals surface area contributed by atoms with Gasteiger partial charge >= 0.3 is 5.69 Å². The maximum atomic E-state index is 16.3. The highest BCUT2D eigenvalue weighted by atomic mass is 19.1. The van der Waals surface area contributed by atoms with Crippen LogP contribution in [0.1, 0.15) is 44.2 Å². The standard InChI is InChI=1S/C30H42FN7O6/c1-35-8-10-36(11-9-35)29(42)18-15-38-21-4-2-3-5-22(21)44-27-24(38)17(26(18)40)12-19(31)25(27)37-7-6-16(14-37)32-23(39)13-20-28(41)34-30(43)33-20/h15-17,19,21-22,24-25,27,41H,2-14H2,1H3,(H,32,39)(H2,33,34,43). The smallest absolute Gasteiger partial charge is 0.325 e. The van der Waals surface area contributed by atoms with Crippen LogP contribution in [0.5, 0.6) is 5.88 Å². The van der Waals surface area contributed by atoms with Gasteiger partial charge in [-0.25, -0.2) is 9.18 Å². The molecule has 8 atom stereocenters. The number of halogens is 1. The van der Waals surface area contributed by atoms with E-state index < -0.39 is 29.9 Å². The summed E-state index contributed by atoms with van der Waals surface area (Å²) in [5, 5.41) is 12.8. The maximum Gasteiger partial charge on any atom is 0.325 e. The molecule has 2 amide bonds. The first-order valence-corrected chi connectivity index (χ1v) is 16.0. The monoisotopic (exact) mass is 615 g/mol. The summed E-state index contributed by atoms with van der Waals surface area (Å²) in [6.45, 7) is 3.62. The number of likely N-dealkylation sites (tertiary alicyclic amines) is 1. The molecule has 240 valence electrons. The second kappa shape index (κ2) is 11.6. The zero-order valence-corrected chi connectivity index (χ0v) is 25.0. The van der Waals surface area contributed by atoms with Crippen LogP contribution in [-0.2, 0) is 25.5 Å². The molecule has 8 unspecified atom stereocenters. The van der Waals surface area contributed by atoms with Crippen LogP contribution in [0.3, 0.4) is 0 Å². The fraction of sp³-hybridized carbons (Fsp3) is 0.733. The number of likely N-dealkylation sites (N-methyl/N-ethyl adjacent to an activating group) is 1. The third-order valence-corrected chi connectivity index (χ3v) is 10.7. The summed E-state index contributed by atoms with van der Waals surface area (Å²) in [6.07, 6.45) is 4.11. The molecule has 2 saturated carbocycles. The van der Waals surface area contributed by atoms with Crippen LogP contribution in [0.15, 0.2) is 16.6 Å². The average Bonchev–Trinajstić information content (AvgIpc) is 3.58. The minimum atomic E-state index is -1.33. The van der Waals surface area contributed by atoms with E-state index in [0.29, 0.717) is 32.6 Å². The molecular weight excluding hydrogens is 573 g/mol. The number of amides is 2. The number of aromatic amines is 2. The van der Waals surface area contributed by atoms with Crippen molar-refractivity contribution in [2.75, 3.05) is 46.3 Å². The molecule has 5 heterocycles. The Bertz CT molecular complexity index is 1390. The molecule has 1 aromatic rings. The molecule has 1 aromatic heterocycles. The first kappa shape index (κ1) is 29.5. The van der Waals surface area contributed by atoms with Gasteiger partial charge in [0.15, 0.2) is 5.78 Å². The summed E-state index contributed by atoms with van der Waals surface area (Å²) in [4.78, 5) is 64.5. The Balaban J connectivity index is 1.10. The van der Waals surface area contributed by atoms with E-state index in [2.05, 4.69) is 25.1 Å². The number of piperazine rings is 1. The number of aromatic nitrogens is 2. The predicted octanol–water partition coefficient (Wildman–Crippen LogP) is -0.511. The number of imidazole rings is 1. The fourth-order valence-corrected chi connectivity index (χ4v) is 8.48. The molecule has 13 nitrogen and oxygen atoms in total.